The monoisotopic (exact) mass is 430 g/mol. The molecule has 1 nitrogen and oxygen atoms in total. The molecule has 1 heteroatoms. The highest BCUT2D eigenvalue weighted by molar-refractivity contribution is 5.09. The van der Waals surface area contributed by atoms with Crippen LogP contribution < -0.4 is 0 Å². The lowest BCUT2D eigenvalue weighted by Crippen LogP contribution is -2.54. The lowest BCUT2D eigenvalue weighted by Gasteiger charge is -2.61. The Kier molecular flexibility index (Phi) is 7.23. The van der Waals surface area contributed by atoms with Crippen LogP contribution in [-0.2, 0) is 4.74 Å². The van der Waals surface area contributed by atoms with Crippen LogP contribution in [0.3, 0.4) is 0 Å². The van der Waals surface area contributed by atoms with E-state index in [0.717, 1.165) is 41.4 Å². The predicted molar refractivity (Wildman–Crippen MR) is 133 cm³/mol. The molecule has 5 unspecified atom stereocenters. The van der Waals surface area contributed by atoms with Gasteiger partial charge in [-0.2, -0.15) is 0 Å². The molecule has 0 radical (unpaired) electrons. The average molecular weight is 431 g/mol. The van der Waals surface area contributed by atoms with Crippen LogP contribution in [0.15, 0.2) is 0 Å². The van der Waals surface area contributed by atoms with E-state index in [1.54, 1.807) is 0 Å². The summed E-state index contributed by atoms with van der Waals surface area (Å²) in [6, 6.07) is 0. The van der Waals surface area contributed by atoms with Crippen molar-refractivity contribution in [3.05, 3.63) is 0 Å². The Hall–Kier alpha value is -0.0400. The molecule has 0 bridgehead atoms. The van der Waals surface area contributed by atoms with E-state index in [-0.39, 0.29) is 0 Å². The molecule has 4 rings (SSSR count). The maximum atomic E-state index is 6.29. The Morgan fingerprint density at radius 3 is 2.19 bits per heavy atom. The Morgan fingerprint density at radius 2 is 1.48 bits per heavy atom. The first-order chi connectivity index (χ1) is 14.6. The molecular formula is C30H54O. The summed E-state index contributed by atoms with van der Waals surface area (Å²) in [5.41, 5.74) is 1.24. The van der Waals surface area contributed by atoms with Gasteiger partial charge < -0.3 is 4.74 Å². The molecule has 0 aromatic rings. The summed E-state index contributed by atoms with van der Waals surface area (Å²) < 4.78 is 6.29. The number of fused-ring (bicyclic) bond motifs is 5. The Bertz CT molecular complexity index is 595. The van der Waals surface area contributed by atoms with Crippen molar-refractivity contribution in [3.63, 3.8) is 0 Å². The minimum atomic E-state index is 0.388. The van der Waals surface area contributed by atoms with Crippen LogP contribution in [0.25, 0.3) is 0 Å². The van der Waals surface area contributed by atoms with E-state index in [1.165, 1.54) is 77.0 Å². The fourth-order valence-corrected chi connectivity index (χ4v) is 9.75. The lowest BCUT2D eigenvalue weighted by molar-refractivity contribution is -0.142. The first-order valence-electron chi connectivity index (χ1n) is 14.3. The van der Waals surface area contributed by atoms with Crippen LogP contribution in [0.5, 0.6) is 0 Å². The van der Waals surface area contributed by atoms with Crippen LogP contribution in [0.1, 0.15) is 126 Å². The second-order valence-corrected chi connectivity index (χ2v) is 13.8. The average Bonchev–Trinajstić information content (AvgIpc) is 3.05. The van der Waals surface area contributed by atoms with Crippen molar-refractivity contribution in [3.8, 4) is 0 Å². The van der Waals surface area contributed by atoms with Crippen LogP contribution in [0, 0.1) is 52.3 Å². The molecular weight excluding hydrogens is 376 g/mol. The summed E-state index contributed by atoms with van der Waals surface area (Å²) in [6.45, 7) is 17.3. The quantitative estimate of drug-likeness (QED) is 0.392. The van der Waals surface area contributed by atoms with Crippen molar-refractivity contribution in [1.82, 2.24) is 0 Å². The minimum absolute atomic E-state index is 0.388. The van der Waals surface area contributed by atoms with Gasteiger partial charge >= 0.3 is 0 Å². The third-order valence-corrected chi connectivity index (χ3v) is 11.3. The van der Waals surface area contributed by atoms with Gasteiger partial charge in [-0.15, -0.1) is 0 Å². The summed E-state index contributed by atoms with van der Waals surface area (Å²) in [5, 5.41) is 0. The van der Waals surface area contributed by atoms with Crippen molar-refractivity contribution in [2.45, 2.75) is 138 Å². The molecule has 9 atom stereocenters. The zero-order chi connectivity index (χ0) is 22.4. The van der Waals surface area contributed by atoms with Gasteiger partial charge in [0.05, 0.1) is 12.2 Å². The molecule has 4 fully saturated rings. The molecule has 31 heavy (non-hydrogen) atoms. The van der Waals surface area contributed by atoms with Gasteiger partial charge in [0.25, 0.3) is 0 Å². The third-order valence-electron chi connectivity index (χ3n) is 11.3. The fourth-order valence-electron chi connectivity index (χ4n) is 9.75. The number of hydrogen-bond acceptors (Lipinski definition) is 1. The van der Waals surface area contributed by atoms with Gasteiger partial charge in [-0.05, 0) is 124 Å². The minimum Gasteiger partial charge on any atom is -0.376 e. The zero-order valence-electron chi connectivity index (χ0n) is 22.1. The molecule has 0 aromatic carbocycles. The first kappa shape index (κ1) is 24.1. The molecule has 0 N–H and O–H groups in total. The second kappa shape index (κ2) is 9.31. The van der Waals surface area contributed by atoms with Crippen LogP contribution in [-0.4, -0.2) is 12.2 Å². The Labute approximate surface area is 194 Å². The highest BCUT2D eigenvalue weighted by Crippen LogP contribution is 2.68. The Balaban J connectivity index is 1.43. The van der Waals surface area contributed by atoms with E-state index in [9.17, 15) is 0 Å². The van der Waals surface area contributed by atoms with Crippen molar-refractivity contribution in [2.75, 3.05) is 0 Å². The van der Waals surface area contributed by atoms with E-state index >= 15 is 0 Å². The van der Waals surface area contributed by atoms with E-state index in [4.69, 9.17) is 4.74 Å². The predicted octanol–water partition coefficient (Wildman–Crippen LogP) is 8.90. The molecule has 0 aromatic heterocycles. The summed E-state index contributed by atoms with van der Waals surface area (Å²) in [6.07, 6.45) is 18.4. The summed E-state index contributed by atoms with van der Waals surface area (Å²) in [7, 11) is 0. The number of ether oxygens (including phenoxy) is 1. The molecule has 4 saturated carbocycles. The maximum absolute atomic E-state index is 6.29. The van der Waals surface area contributed by atoms with Crippen LogP contribution in [0.4, 0.5) is 0 Å². The highest BCUT2D eigenvalue weighted by atomic mass is 16.5. The van der Waals surface area contributed by atoms with Gasteiger partial charge in [-0.3, -0.25) is 0 Å². The van der Waals surface area contributed by atoms with E-state index in [0.29, 0.717) is 23.0 Å². The van der Waals surface area contributed by atoms with Crippen LogP contribution in [0.2, 0.25) is 0 Å². The van der Waals surface area contributed by atoms with Gasteiger partial charge in [0, 0.05) is 0 Å². The molecule has 180 valence electrons. The summed E-state index contributed by atoms with van der Waals surface area (Å²) in [4.78, 5) is 0. The summed E-state index contributed by atoms with van der Waals surface area (Å²) in [5.74, 6) is 6.75. The largest absolute Gasteiger partial charge is 0.376 e. The fraction of sp³-hybridized carbons (Fsp3) is 1.00. The number of hydrogen-bond donors (Lipinski definition) is 0. The second-order valence-electron chi connectivity index (χ2n) is 13.8. The highest BCUT2D eigenvalue weighted by Gasteiger charge is 2.60. The normalized spacial score (nSPS) is 46.0. The summed E-state index contributed by atoms with van der Waals surface area (Å²) >= 11 is 0. The first-order valence-corrected chi connectivity index (χ1v) is 14.3. The standard InChI is InChI=1S/C30H54O/c1-20(2)9-8-10-22(5)26-13-14-27-25-12-11-23-19-24(31-21(3)4)15-17-29(23,6)28(25)16-18-30(26,27)7/h20-28H,8-19H2,1-7H3/t22?,23-,24?,25?,26-,27?,28?,29+,30-/m1/s1. The van der Waals surface area contributed by atoms with Gasteiger partial charge in [0.1, 0.15) is 0 Å². The smallest absolute Gasteiger partial charge is 0.0581 e. The topological polar surface area (TPSA) is 9.23 Å². The van der Waals surface area contributed by atoms with E-state index in [1.807, 2.05) is 0 Å². The molecule has 4 aliphatic carbocycles. The van der Waals surface area contributed by atoms with Gasteiger partial charge in [0.2, 0.25) is 0 Å². The maximum Gasteiger partial charge on any atom is 0.0581 e. The van der Waals surface area contributed by atoms with Crippen molar-refractivity contribution >= 4 is 0 Å². The van der Waals surface area contributed by atoms with E-state index < -0.39 is 0 Å². The molecule has 0 amide bonds. The molecule has 0 spiro atoms. The molecule has 4 aliphatic rings. The van der Waals surface area contributed by atoms with Gasteiger partial charge in [0.15, 0.2) is 0 Å². The Morgan fingerprint density at radius 1 is 0.774 bits per heavy atom. The molecule has 0 saturated heterocycles. The number of rotatable bonds is 7. The lowest BCUT2D eigenvalue weighted by atomic mass is 9.44. The third kappa shape index (κ3) is 4.52. The van der Waals surface area contributed by atoms with Crippen LogP contribution >= 0.6 is 0 Å². The van der Waals surface area contributed by atoms with Crippen molar-refractivity contribution < 1.29 is 4.74 Å². The molecule has 0 aliphatic heterocycles. The van der Waals surface area contributed by atoms with E-state index in [2.05, 4.69) is 48.5 Å². The SMILES string of the molecule is CC(C)CCCC(C)[C@H]1CCC2C3CC[C@@H]4CC(OC(C)C)CC[C@]4(C)C3CC[C@@]21C. The van der Waals surface area contributed by atoms with Crippen molar-refractivity contribution in [1.29, 1.82) is 0 Å². The van der Waals surface area contributed by atoms with Crippen molar-refractivity contribution in [2.24, 2.45) is 52.3 Å². The molecule has 0 heterocycles. The van der Waals surface area contributed by atoms with Gasteiger partial charge in [-0.25, -0.2) is 0 Å². The van der Waals surface area contributed by atoms with Gasteiger partial charge in [-0.1, -0.05) is 53.9 Å². The zero-order valence-corrected chi connectivity index (χ0v) is 22.1.